The van der Waals surface area contributed by atoms with Gasteiger partial charge in [-0.25, -0.2) is 4.98 Å². The molecular weight excluding hydrogens is 144 g/mol. The Kier molecular flexibility index (Phi) is 1.83. The van der Waals surface area contributed by atoms with Crippen LogP contribution in [0.1, 0.15) is 5.69 Å². The summed E-state index contributed by atoms with van der Waals surface area (Å²) in [6.07, 6.45) is 0. The molecular formula is C4H4ClN2S. The molecule has 0 saturated carbocycles. The van der Waals surface area contributed by atoms with Crippen molar-refractivity contribution in [2.24, 2.45) is 0 Å². The molecule has 1 aromatic rings. The van der Waals surface area contributed by atoms with Crippen LogP contribution in [0.3, 0.4) is 0 Å². The summed E-state index contributed by atoms with van der Waals surface area (Å²) in [6.45, 7) is 0.225. The molecule has 0 atom stereocenters. The lowest BCUT2D eigenvalue weighted by Crippen LogP contribution is -1.81. The molecule has 0 spiro atoms. The van der Waals surface area contributed by atoms with Gasteiger partial charge in [0.25, 0.3) is 0 Å². The van der Waals surface area contributed by atoms with Crippen LogP contribution >= 0.6 is 22.9 Å². The quantitative estimate of drug-likeness (QED) is 0.594. The summed E-state index contributed by atoms with van der Waals surface area (Å²) in [5, 5.41) is 1.79. The number of hydrogen-bond donors (Lipinski definition) is 0. The molecule has 1 radical (unpaired) electrons. The first-order valence-electron chi connectivity index (χ1n) is 2.07. The highest BCUT2D eigenvalue weighted by molar-refractivity contribution is 7.13. The number of halogens is 1. The van der Waals surface area contributed by atoms with Gasteiger partial charge in [0.15, 0.2) is 4.47 Å². The summed E-state index contributed by atoms with van der Waals surface area (Å²) >= 11 is 6.83. The third kappa shape index (κ3) is 1.18. The maximum atomic E-state index is 6.84. The Morgan fingerprint density at radius 2 is 2.62 bits per heavy atom. The van der Waals surface area contributed by atoms with E-state index in [0.29, 0.717) is 4.47 Å². The molecule has 0 aromatic carbocycles. The van der Waals surface area contributed by atoms with Gasteiger partial charge in [0.2, 0.25) is 0 Å². The summed E-state index contributed by atoms with van der Waals surface area (Å²) in [5.74, 6) is 0. The molecule has 1 N–H and O–H groups in total. The van der Waals surface area contributed by atoms with E-state index in [0.717, 1.165) is 5.69 Å². The zero-order chi connectivity index (χ0) is 5.98. The molecule has 1 aromatic heterocycles. The third-order valence-electron chi connectivity index (χ3n) is 0.705. The van der Waals surface area contributed by atoms with Gasteiger partial charge in [-0.3, -0.25) is 5.73 Å². The van der Waals surface area contributed by atoms with Gasteiger partial charge in [-0.05, 0) is 0 Å². The molecule has 2 nitrogen and oxygen atoms in total. The number of hydrogen-bond acceptors (Lipinski definition) is 2. The van der Waals surface area contributed by atoms with E-state index in [9.17, 15) is 0 Å². The highest BCUT2D eigenvalue weighted by Crippen LogP contribution is 2.14. The van der Waals surface area contributed by atoms with Crippen LogP contribution < -0.4 is 5.73 Å². The largest absolute Gasteiger partial charge is 0.251 e. The van der Waals surface area contributed by atoms with Crippen LogP contribution in [0.25, 0.3) is 0 Å². The molecule has 0 saturated heterocycles. The van der Waals surface area contributed by atoms with E-state index in [1.165, 1.54) is 11.3 Å². The van der Waals surface area contributed by atoms with Crippen LogP contribution in [0.15, 0.2) is 5.38 Å². The van der Waals surface area contributed by atoms with Gasteiger partial charge in [-0.15, -0.1) is 11.3 Å². The fourth-order valence-corrected chi connectivity index (χ4v) is 1.14. The molecule has 1 heterocycles. The van der Waals surface area contributed by atoms with Crippen molar-refractivity contribution in [3.8, 4) is 0 Å². The SMILES string of the molecule is [NH]Cc1csc(Cl)n1. The summed E-state index contributed by atoms with van der Waals surface area (Å²) < 4.78 is 0.521. The van der Waals surface area contributed by atoms with Crippen molar-refractivity contribution < 1.29 is 0 Å². The fourth-order valence-electron chi connectivity index (χ4n) is 0.363. The fraction of sp³-hybridized carbons (Fsp3) is 0.250. The van der Waals surface area contributed by atoms with Gasteiger partial charge in [0, 0.05) is 5.38 Å². The van der Waals surface area contributed by atoms with E-state index in [-0.39, 0.29) is 6.54 Å². The van der Waals surface area contributed by atoms with Crippen LogP contribution in [0.5, 0.6) is 0 Å². The zero-order valence-electron chi connectivity index (χ0n) is 4.02. The van der Waals surface area contributed by atoms with Gasteiger partial charge in [-0.2, -0.15) is 0 Å². The van der Waals surface area contributed by atoms with Gasteiger partial charge in [0.05, 0.1) is 12.2 Å². The number of rotatable bonds is 1. The van der Waals surface area contributed by atoms with E-state index < -0.39 is 0 Å². The standard InChI is InChI=1S/C4H4ClN2S/c5-4-7-3(1-6)2-8-4/h2,6H,1H2. The first kappa shape index (κ1) is 6.01. The Morgan fingerprint density at radius 3 is 2.88 bits per heavy atom. The highest BCUT2D eigenvalue weighted by atomic mass is 35.5. The van der Waals surface area contributed by atoms with E-state index in [4.69, 9.17) is 17.3 Å². The van der Waals surface area contributed by atoms with E-state index >= 15 is 0 Å². The molecule has 0 bridgehead atoms. The maximum absolute atomic E-state index is 6.84. The molecule has 0 amide bonds. The minimum absolute atomic E-state index is 0.225. The van der Waals surface area contributed by atoms with Crippen molar-refractivity contribution in [2.45, 2.75) is 6.54 Å². The second kappa shape index (κ2) is 2.44. The highest BCUT2D eigenvalue weighted by Gasteiger charge is 1.93. The molecule has 0 aliphatic heterocycles. The Hall–Kier alpha value is -0.120. The molecule has 0 unspecified atom stereocenters. The Morgan fingerprint density at radius 1 is 1.88 bits per heavy atom. The van der Waals surface area contributed by atoms with Crippen molar-refractivity contribution in [2.75, 3.05) is 0 Å². The van der Waals surface area contributed by atoms with Gasteiger partial charge in [0.1, 0.15) is 0 Å². The second-order valence-corrected chi connectivity index (χ2v) is 2.71. The lowest BCUT2D eigenvalue weighted by molar-refractivity contribution is 0.978. The average molecular weight is 148 g/mol. The Labute approximate surface area is 56.3 Å². The first-order valence-corrected chi connectivity index (χ1v) is 3.33. The third-order valence-corrected chi connectivity index (χ3v) is 1.73. The van der Waals surface area contributed by atoms with Crippen LogP contribution in [0, 0.1) is 0 Å². The first-order chi connectivity index (χ1) is 3.83. The van der Waals surface area contributed by atoms with Crippen molar-refractivity contribution in [1.82, 2.24) is 10.7 Å². The minimum Gasteiger partial charge on any atom is -0.251 e. The van der Waals surface area contributed by atoms with Crippen molar-refractivity contribution in [3.63, 3.8) is 0 Å². The summed E-state index contributed by atoms with van der Waals surface area (Å²) in [7, 11) is 0. The van der Waals surface area contributed by atoms with Crippen LogP contribution in [0.4, 0.5) is 0 Å². The molecule has 43 valence electrons. The van der Waals surface area contributed by atoms with Crippen molar-refractivity contribution in [3.05, 3.63) is 15.5 Å². The topological polar surface area (TPSA) is 36.7 Å². The minimum atomic E-state index is 0.225. The van der Waals surface area contributed by atoms with Crippen LogP contribution in [-0.2, 0) is 6.54 Å². The predicted octanol–water partition coefficient (Wildman–Crippen LogP) is 1.58. The smallest absolute Gasteiger partial charge is 0.183 e. The molecule has 8 heavy (non-hydrogen) atoms. The summed E-state index contributed by atoms with van der Waals surface area (Å²) in [4.78, 5) is 3.83. The lowest BCUT2D eigenvalue weighted by atomic mass is 10.5. The van der Waals surface area contributed by atoms with Gasteiger partial charge >= 0.3 is 0 Å². The zero-order valence-corrected chi connectivity index (χ0v) is 5.59. The van der Waals surface area contributed by atoms with E-state index in [2.05, 4.69) is 4.98 Å². The number of aromatic nitrogens is 1. The molecule has 1 rings (SSSR count). The maximum Gasteiger partial charge on any atom is 0.183 e. The monoisotopic (exact) mass is 147 g/mol. The molecule has 0 aliphatic carbocycles. The summed E-state index contributed by atoms with van der Waals surface area (Å²) in [5.41, 5.74) is 7.59. The van der Waals surface area contributed by atoms with Crippen LogP contribution in [-0.4, -0.2) is 4.98 Å². The van der Waals surface area contributed by atoms with Crippen molar-refractivity contribution >= 4 is 22.9 Å². The number of nitrogens with zero attached hydrogens (tertiary/aromatic N) is 1. The Bertz CT molecular complexity index is 174. The normalized spacial score (nSPS) is 9.75. The molecule has 4 heteroatoms. The number of thiazole rings is 1. The second-order valence-electron chi connectivity index (χ2n) is 1.27. The predicted molar refractivity (Wildman–Crippen MR) is 33.9 cm³/mol. The van der Waals surface area contributed by atoms with Gasteiger partial charge in [-0.1, -0.05) is 11.6 Å². The van der Waals surface area contributed by atoms with E-state index in [1.54, 1.807) is 5.38 Å². The van der Waals surface area contributed by atoms with E-state index in [1.807, 2.05) is 0 Å². The average Bonchev–Trinajstić information content (AvgIpc) is 2.14. The van der Waals surface area contributed by atoms with Gasteiger partial charge < -0.3 is 0 Å². The Balaban J connectivity index is 2.84. The van der Waals surface area contributed by atoms with Crippen molar-refractivity contribution in [1.29, 1.82) is 0 Å². The number of nitrogens with one attached hydrogen (secondary N) is 1. The molecule has 0 fully saturated rings. The lowest BCUT2D eigenvalue weighted by Gasteiger charge is -1.78. The van der Waals surface area contributed by atoms with Crippen LogP contribution in [0.2, 0.25) is 4.47 Å². The summed E-state index contributed by atoms with van der Waals surface area (Å²) in [6, 6.07) is 0. The molecule has 0 aliphatic rings.